The van der Waals surface area contributed by atoms with Gasteiger partial charge in [0.25, 0.3) is 0 Å². The van der Waals surface area contributed by atoms with Gasteiger partial charge in [-0.2, -0.15) is 0 Å². The van der Waals surface area contributed by atoms with Crippen LogP contribution in [0.3, 0.4) is 0 Å². The van der Waals surface area contributed by atoms with Crippen LogP contribution in [0.15, 0.2) is 48.5 Å². The first-order valence-corrected chi connectivity index (χ1v) is 6.70. The molecule has 0 aliphatic carbocycles. The fraction of sp³-hybridized carbons (Fsp3) is 0.176. The maximum absolute atomic E-state index is 13.6. The zero-order chi connectivity index (χ0) is 14.1. The number of aryl methyl sites for hydroxylation is 1. The minimum atomic E-state index is -0.225. The van der Waals surface area contributed by atoms with Gasteiger partial charge in [-0.15, -0.1) is 0 Å². The zero-order valence-corrected chi connectivity index (χ0v) is 11.4. The van der Waals surface area contributed by atoms with Gasteiger partial charge in [-0.3, -0.25) is 0 Å². The van der Waals surface area contributed by atoms with Crippen LogP contribution in [0, 0.1) is 12.7 Å². The third-order valence-electron chi connectivity index (χ3n) is 3.61. The van der Waals surface area contributed by atoms with Crippen molar-refractivity contribution >= 4 is 10.9 Å². The van der Waals surface area contributed by atoms with Crippen LogP contribution in [0.4, 0.5) is 4.39 Å². The Morgan fingerprint density at radius 1 is 1.05 bits per heavy atom. The van der Waals surface area contributed by atoms with Crippen LogP contribution in [0.5, 0.6) is 0 Å². The quantitative estimate of drug-likeness (QED) is 0.773. The maximum Gasteiger partial charge on any atom is 0.123 e. The van der Waals surface area contributed by atoms with E-state index in [1.54, 1.807) is 6.07 Å². The van der Waals surface area contributed by atoms with Crippen molar-refractivity contribution in [3.05, 3.63) is 71.2 Å². The number of halogens is 1. The highest BCUT2D eigenvalue weighted by Gasteiger charge is 2.07. The largest absolute Gasteiger partial charge is 0.340 e. The highest BCUT2D eigenvalue weighted by atomic mass is 19.1. The topological polar surface area (TPSA) is 30.9 Å². The van der Waals surface area contributed by atoms with Crippen LogP contribution in [-0.4, -0.2) is 4.57 Å². The molecule has 3 rings (SSSR count). The second-order valence-corrected chi connectivity index (χ2v) is 5.10. The van der Waals surface area contributed by atoms with Crippen LogP contribution >= 0.6 is 0 Å². The molecule has 0 saturated heterocycles. The molecule has 1 heterocycles. The van der Waals surface area contributed by atoms with E-state index in [1.165, 1.54) is 22.7 Å². The molecular weight excluding hydrogens is 251 g/mol. The number of nitrogens with zero attached hydrogens (tertiary/aromatic N) is 1. The van der Waals surface area contributed by atoms with Crippen molar-refractivity contribution in [1.29, 1.82) is 0 Å². The summed E-state index contributed by atoms with van der Waals surface area (Å²) in [4.78, 5) is 0. The average molecular weight is 268 g/mol. The second kappa shape index (κ2) is 5.10. The second-order valence-electron chi connectivity index (χ2n) is 5.10. The van der Waals surface area contributed by atoms with Gasteiger partial charge in [-0.05, 0) is 47.7 Å². The number of para-hydroxylation sites is 1. The Morgan fingerprint density at radius 3 is 2.60 bits per heavy atom. The number of hydrogen-bond acceptors (Lipinski definition) is 1. The summed E-state index contributed by atoms with van der Waals surface area (Å²) in [5, 5.41) is 1.21. The molecule has 0 amide bonds. The van der Waals surface area contributed by atoms with Crippen LogP contribution in [0.25, 0.3) is 10.9 Å². The molecule has 20 heavy (non-hydrogen) atoms. The van der Waals surface area contributed by atoms with E-state index in [2.05, 4.69) is 29.7 Å². The Hall–Kier alpha value is -2.13. The van der Waals surface area contributed by atoms with Gasteiger partial charge >= 0.3 is 0 Å². The van der Waals surface area contributed by atoms with Crippen molar-refractivity contribution in [3.8, 4) is 0 Å². The van der Waals surface area contributed by atoms with Crippen LogP contribution in [0.2, 0.25) is 0 Å². The number of rotatable bonds is 3. The van der Waals surface area contributed by atoms with Gasteiger partial charge in [-0.1, -0.05) is 24.3 Å². The van der Waals surface area contributed by atoms with Gasteiger partial charge in [0.05, 0.1) is 0 Å². The first-order chi connectivity index (χ1) is 9.67. The lowest BCUT2D eigenvalue weighted by molar-refractivity contribution is 0.621. The number of nitrogens with two attached hydrogens (primary N) is 1. The summed E-state index contributed by atoms with van der Waals surface area (Å²) in [6.45, 7) is 3.09. The van der Waals surface area contributed by atoms with Gasteiger partial charge in [-0.25, -0.2) is 4.39 Å². The Morgan fingerprint density at radius 2 is 1.80 bits per heavy atom. The molecular formula is C17H17FN2. The molecule has 0 unspecified atom stereocenters. The van der Waals surface area contributed by atoms with Crippen molar-refractivity contribution < 1.29 is 4.39 Å². The number of aromatic nitrogens is 1. The molecule has 3 aromatic rings. The third-order valence-corrected chi connectivity index (χ3v) is 3.61. The standard InChI is InChI=1S/C17H17FN2/c1-12-6-15-4-2-3-5-17(15)20(12)11-14-7-13(10-19)8-16(18)9-14/h2-9H,10-11,19H2,1H3. The zero-order valence-electron chi connectivity index (χ0n) is 11.4. The van der Waals surface area contributed by atoms with Gasteiger partial charge in [0.1, 0.15) is 5.82 Å². The Labute approximate surface area is 117 Å². The Kier molecular flexibility index (Phi) is 3.28. The third kappa shape index (κ3) is 2.32. The first kappa shape index (κ1) is 12.9. The van der Waals surface area contributed by atoms with Crippen molar-refractivity contribution in [2.75, 3.05) is 0 Å². The number of fused-ring (bicyclic) bond motifs is 1. The lowest BCUT2D eigenvalue weighted by atomic mass is 10.1. The minimum absolute atomic E-state index is 0.225. The van der Waals surface area contributed by atoms with E-state index >= 15 is 0 Å². The van der Waals surface area contributed by atoms with E-state index < -0.39 is 0 Å². The average Bonchev–Trinajstić information content (AvgIpc) is 2.75. The summed E-state index contributed by atoms with van der Waals surface area (Å²) in [6, 6.07) is 15.4. The summed E-state index contributed by atoms with van der Waals surface area (Å²) in [5.74, 6) is -0.225. The minimum Gasteiger partial charge on any atom is -0.340 e. The number of hydrogen-bond donors (Lipinski definition) is 1. The van der Waals surface area contributed by atoms with Gasteiger partial charge in [0.2, 0.25) is 0 Å². The smallest absolute Gasteiger partial charge is 0.123 e. The van der Waals surface area contributed by atoms with Crippen LogP contribution < -0.4 is 5.73 Å². The molecule has 2 aromatic carbocycles. The van der Waals surface area contributed by atoms with E-state index in [4.69, 9.17) is 5.73 Å². The molecule has 0 radical (unpaired) electrons. The van der Waals surface area contributed by atoms with E-state index in [1.807, 2.05) is 18.2 Å². The van der Waals surface area contributed by atoms with Gasteiger partial charge < -0.3 is 10.3 Å². The van der Waals surface area contributed by atoms with Gasteiger partial charge in [0.15, 0.2) is 0 Å². The summed E-state index contributed by atoms with van der Waals surface area (Å²) >= 11 is 0. The van der Waals surface area contributed by atoms with E-state index in [0.29, 0.717) is 13.1 Å². The van der Waals surface area contributed by atoms with Crippen molar-refractivity contribution in [1.82, 2.24) is 4.57 Å². The molecule has 0 aliphatic rings. The lowest BCUT2D eigenvalue weighted by Gasteiger charge is -2.10. The molecule has 0 aliphatic heterocycles. The van der Waals surface area contributed by atoms with Gasteiger partial charge in [0, 0.05) is 24.3 Å². The van der Waals surface area contributed by atoms with Crippen LogP contribution in [0.1, 0.15) is 16.8 Å². The van der Waals surface area contributed by atoms with Crippen molar-refractivity contribution in [2.24, 2.45) is 5.73 Å². The fourth-order valence-electron chi connectivity index (χ4n) is 2.67. The molecule has 3 heteroatoms. The number of benzene rings is 2. The maximum atomic E-state index is 13.6. The van der Waals surface area contributed by atoms with Crippen molar-refractivity contribution in [3.63, 3.8) is 0 Å². The monoisotopic (exact) mass is 268 g/mol. The Bertz CT molecular complexity index is 759. The molecule has 0 spiro atoms. The molecule has 102 valence electrons. The summed E-state index contributed by atoms with van der Waals surface area (Å²) in [6.07, 6.45) is 0. The molecule has 2 nitrogen and oxygen atoms in total. The molecule has 0 bridgehead atoms. The Balaban J connectivity index is 2.05. The lowest BCUT2D eigenvalue weighted by Crippen LogP contribution is -2.04. The normalized spacial score (nSPS) is 11.2. The molecule has 1 aromatic heterocycles. The van der Waals surface area contributed by atoms with E-state index in [0.717, 1.165) is 11.1 Å². The van der Waals surface area contributed by atoms with E-state index in [-0.39, 0.29) is 5.82 Å². The summed E-state index contributed by atoms with van der Waals surface area (Å²) in [7, 11) is 0. The predicted molar refractivity (Wildman–Crippen MR) is 80.1 cm³/mol. The summed E-state index contributed by atoms with van der Waals surface area (Å²) in [5.41, 5.74) is 9.72. The predicted octanol–water partition coefficient (Wildman–Crippen LogP) is 3.60. The molecule has 0 saturated carbocycles. The van der Waals surface area contributed by atoms with Crippen LogP contribution in [-0.2, 0) is 13.1 Å². The molecule has 2 N–H and O–H groups in total. The van der Waals surface area contributed by atoms with E-state index in [9.17, 15) is 4.39 Å². The SMILES string of the molecule is Cc1cc2ccccc2n1Cc1cc(F)cc(CN)c1. The molecule has 0 atom stereocenters. The highest BCUT2D eigenvalue weighted by Crippen LogP contribution is 2.21. The van der Waals surface area contributed by atoms with Crippen molar-refractivity contribution in [2.45, 2.75) is 20.0 Å². The fourth-order valence-corrected chi connectivity index (χ4v) is 2.67. The first-order valence-electron chi connectivity index (χ1n) is 6.70. The highest BCUT2D eigenvalue weighted by molar-refractivity contribution is 5.81. The summed E-state index contributed by atoms with van der Waals surface area (Å²) < 4.78 is 15.8. The molecule has 0 fully saturated rings.